The van der Waals surface area contributed by atoms with Gasteiger partial charge in [0.25, 0.3) is 0 Å². The van der Waals surface area contributed by atoms with Crippen LogP contribution in [0.2, 0.25) is 0 Å². The van der Waals surface area contributed by atoms with Crippen LogP contribution in [-0.2, 0) is 9.47 Å². The minimum Gasteiger partial charge on any atom is -0.391 e. The van der Waals surface area contributed by atoms with Crippen molar-refractivity contribution in [1.29, 1.82) is 0 Å². The number of aliphatic hydroxyl groups is 1. The summed E-state index contributed by atoms with van der Waals surface area (Å²) >= 11 is 0. The first-order chi connectivity index (χ1) is 6.74. The van der Waals surface area contributed by atoms with Crippen molar-refractivity contribution in [1.82, 2.24) is 0 Å². The highest BCUT2D eigenvalue weighted by Gasteiger charge is 2.34. The Morgan fingerprint density at radius 2 is 2.14 bits per heavy atom. The first-order valence-electron chi connectivity index (χ1n) is 5.65. The van der Waals surface area contributed by atoms with Crippen molar-refractivity contribution < 1.29 is 14.6 Å². The molecule has 1 fully saturated rings. The topological polar surface area (TPSA) is 42.0 Å². The van der Waals surface area contributed by atoms with Crippen LogP contribution >= 0.6 is 0 Å². The second kappa shape index (κ2) is 6.38. The minimum absolute atomic E-state index is 0.276. The predicted molar refractivity (Wildman–Crippen MR) is 55.3 cm³/mol. The van der Waals surface area contributed by atoms with E-state index in [-0.39, 0.29) is 12.2 Å². The van der Waals surface area contributed by atoms with Gasteiger partial charge in [0.05, 0.1) is 25.4 Å². The van der Waals surface area contributed by atoms with Gasteiger partial charge in [-0.25, -0.2) is 0 Å². The molecule has 0 aliphatic carbocycles. The molecule has 0 saturated carbocycles. The molecule has 0 amide bonds. The molecule has 0 aromatic heterocycles. The molecular formula is C11H22O3. The molecule has 0 aromatic carbocycles. The fourth-order valence-electron chi connectivity index (χ4n) is 1.44. The molecule has 0 radical (unpaired) electrons. The van der Waals surface area contributed by atoms with E-state index in [1.807, 2.05) is 6.92 Å². The average Bonchev–Trinajstić information content (AvgIpc) is 2.83. The van der Waals surface area contributed by atoms with Gasteiger partial charge in [0.2, 0.25) is 0 Å². The summed E-state index contributed by atoms with van der Waals surface area (Å²) in [5, 5.41) is 9.51. The van der Waals surface area contributed by atoms with Gasteiger partial charge in [0, 0.05) is 0 Å². The van der Waals surface area contributed by atoms with Gasteiger partial charge >= 0.3 is 0 Å². The van der Waals surface area contributed by atoms with E-state index in [9.17, 15) is 5.11 Å². The first kappa shape index (κ1) is 12.0. The normalized spacial score (nSPS) is 27.6. The van der Waals surface area contributed by atoms with Crippen LogP contribution in [0.5, 0.6) is 0 Å². The maximum atomic E-state index is 9.51. The van der Waals surface area contributed by atoms with Gasteiger partial charge in [0.15, 0.2) is 0 Å². The Morgan fingerprint density at radius 1 is 1.43 bits per heavy atom. The van der Waals surface area contributed by atoms with Crippen LogP contribution in [0.1, 0.15) is 39.5 Å². The van der Waals surface area contributed by atoms with Gasteiger partial charge in [-0.05, 0) is 13.3 Å². The van der Waals surface area contributed by atoms with Crippen LogP contribution < -0.4 is 0 Å². The third-order valence-electron chi connectivity index (χ3n) is 2.57. The zero-order chi connectivity index (χ0) is 10.4. The predicted octanol–water partition coefficient (Wildman–Crippen LogP) is 1.73. The number of hydrogen-bond donors (Lipinski definition) is 1. The summed E-state index contributed by atoms with van der Waals surface area (Å²) in [4.78, 5) is 0. The molecule has 14 heavy (non-hydrogen) atoms. The summed E-state index contributed by atoms with van der Waals surface area (Å²) in [6.07, 6.45) is 4.67. The van der Waals surface area contributed by atoms with E-state index < -0.39 is 0 Å². The molecular weight excluding hydrogens is 180 g/mol. The van der Waals surface area contributed by atoms with Crippen molar-refractivity contribution in [3.05, 3.63) is 0 Å². The van der Waals surface area contributed by atoms with Crippen molar-refractivity contribution in [3.8, 4) is 0 Å². The zero-order valence-electron chi connectivity index (χ0n) is 9.24. The first-order valence-corrected chi connectivity index (χ1v) is 5.65. The Labute approximate surface area is 86.4 Å². The van der Waals surface area contributed by atoms with Gasteiger partial charge in [-0.15, -0.1) is 0 Å². The number of rotatable bonds is 8. The lowest BCUT2D eigenvalue weighted by molar-refractivity contribution is 0.0254. The van der Waals surface area contributed by atoms with E-state index >= 15 is 0 Å². The van der Waals surface area contributed by atoms with Crippen molar-refractivity contribution in [2.75, 3.05) is 13.2 Å². The maximum absolute atomic E-state index is 9.51. The molecule has 3 heteroatoms. The van der Waals surface area contributed by atoms with Crippen molar-refractivity contribution in [2.24, 2.45) is 0 Å². The SMILES string of the molecule is CCCCCC(O)COC[C@H]1O[C@@H]1C. The quantitative estimate of drug-likeness (QED) is 0.481. The number of unbranched alkanes of at least 4 members (excludes halogenated alkanes) is 2. The Hall–Kier alpha value is -0.120. The fraction of sp³-hybridized carbons (Fsp3) is 1.00. The lowest BCUT2D eigenvalue weighted by atomic mass is 10.1. The minimum atomic E-state index is -0.296. The third kappa shape index (κ3) is 4.94. The zero-order valence-corrected chi connectivity index (χ0v) is 9.24. The van der Waals surface area contributed by atoms with Crippen LogP contribution in [-0.4, -0.2) is 36.6 Å². The second-order valence-corrected chi connectivity index (χ2v) is 4.07. The molecule has 0 aromatic rings. The Kier molecular flexibility index (Phi) is 5.45. The molecule has 1 aliphatic heterocycles. The van der Waals surface area contributed by atoms with Crippen LogP contribution in [0, 0.1) is 0 Å². The highest BCUT2D eigenvalue weighted by molar-refractivity contribution is 4.79. The van der Waals surface area contributed by atoms with Gasteiger partial charge in [0.1, 0.15) is 6.10 Å². The molecule has 1 unspecified atom stereocenters. The molecule has 1 heterocycles. The highest BCUT2D eigenvalue weighted by atomic mass is 16.6. The van der Waals surface area contributed by atoms with Gasteiger partial charge in [-0.3, -0.25) is 0 Å². The molecule has 1 rings (SSSR count). The lowest BCUT2D eigenvalue weighted by Gasteiger charge is -2.09. The van der Waals surface area contributed by atoms with Crippen LogP contribution in [0.25, 0.3) is 0 Å². The fourth-order valence-corrected chi connectivity index (χ4v) is 1.44. The van der Waals surface area contributed by atoms with Crippen molar-refractivity contribution >= 4 is 0 Å². The van der Waals surface area contributed by atoms with E-state index in [4.69, 9.17) is 9.47 Å². The maximum Gasteiger partial charge on any atom is 0.107 e. The molecule has 0 spiro atoms. The Bertz CT molecular complexity index is 149. The number of epoxide rings is 1. The summed E-state index contributed by atoms with van der Waals surface area (Å²) in [5.41, 5.74) is 0. The van der Waals surface area contributed by atoms with Crippen LogP contribution in [0.4, 0.5) is 0 Å². The molecule has 0 bridgehead atoms. The molecule has 1 aliphatic rings. The Morgan fingerprint density at radius 3 is 2.71 bits per heavy atom. The third-order valence-corrected chi connectivity index (χ3v) is 2.57. The lowest BCUT2D eigenvalue weighted by Crippen LogP contribution is -2.17. The molecule has 1 N–H and O–H groups in total. The van der Waals surface area contributed by atoms with E-state index in [0.29, 0.717) is 19.3 Å². The summed E-state index contributed by atoms with van der Waals surface area (Å²) in [6, 6.07) is 0. The van der Waals surface area contributed by atoms with E-state index in [0.717, 1.165) is 12.8 Å². The molecule has 3 atom stereocenters. The van der Waals surface area contributed by atoms with Gasteiger partial charge < -0.3 is 14.6 Å². The molecule has 1 saturated heterocycles. The largest absolute Gasteiger partial charge is 0.391 e. The van der Waals surface area contributed by atoms with Crippen LogP contribution in [0.3, 0.4) is 0 Å². The number of ether oxygens (including phenoxy) is 2. The van der Waals surface area contributed by atoms with Crippen LogP contribution in [0.15, 0.2) is 0 Å². The summed E-state index contributed by atoms with van der Waals surface area (Å²) in [6.45, 7) is 5.28. The highest BCUT2D eigenvalue weighted by Crippen LogP contribution is 2.20. The Balaban J connectivity index is 1.85. The van der Waals surface area contributed by atoms with Gasteiger partial charge in [-0.2, -0.15) is 0 Å². The summed E-state index contributed by atoms with van der Waals surface area (Å²) in [5.74, 6) is 0. The van der Waals surface area contributed by atoms with E-state index in [1.54, 1.807) is 0 Å². The number of aliphatic hydroxyl groups excluding tert-OH is 1. The smallest absolute Gasteiger partial charge is 0.107 e. The number of hydrogen-bond acceptors (Lipinski definition) is 3. The van der Waals surface area contributed by atoms with Crippen molar-refractivity contribution in [2.45, 2.75) is 57.8 Å². The van der Waals surface area contributed by atoms with Crippen molar-refractivity contribution in [3.63, 3.8) is 0 Å². The van der Waals surface area contributed by atoms with Gasteiger partial charge in [-0.1, -0.05) is 26.2 Å². The van der Waals surface area contributed by atoms with E-state index in [1.165, 1.54) is 12.8 Å². The monoisotopic (exact) mass is 202 g/mol. The molecule has 3 nitrogen and oxygen atoms in total. The standard InChI is InChI=1S/C11H22O3/c1-3-4-5-6-10(12)7-13-8-11-9(2)14-11/h9-12H,3-8H2,1-2H3/t9-,10?,11-/m1/s1. The summed E-state index contributed by atoms with van der Waals surface area (Å²) in [7, 11) is 0. The average molecular weight is 202 g/mol. The molecule has 84 valence electrons. The second-order valence-electron chi connectivity index (χ2n) is 4.07. The van der Waals surface area contributed by atoms with E-state index in [2.05, 4.69) is 6.92 Å². The summed E-state index contributed by atoms with van der Waals surface area (Å²) < 4.78 is 10.5.